The van der Waals surface area contributed by atoms with Crippen LogP contribution in [-0.2, 0) is 0 Å². The maximum absolute atomic E-state index is 8.63. The molecule has 0 saturated carbocycles. The van der Waals surface area contributed by atoms with Crippen molar-refractivity contribution in [3.05, 3.63) is 23.3 Å². The zero-order chi connectivity index (χ0) is 15.3. The van der Waals surface area contributed by atoms with Crippen molar-refractivity contribution in [1.82, 2.24) is 0 Å². The summed E-state index contributed by atoms with van der Waals surface area (Å²) in [5.74, 6) is 1.61. The van der Waals surface area contributed by atoms with E-state index in [0.29, 0.717) is 0 Å². The first kappa shape index (κ1) is 24.5. The monoisotopic (exact) mass is 284 g/mol. The molecule has 0 radical (unpaired) electrons. The maximum Gasteiger partial charge on any atom is 0.0639 e. The zero-order valence-corrected chi connectivity index (χ0v) is 14.3. The molecule has 0 amide bonds. The van der Waals surface area contributed by atoms with E-state index < -0.39 is 0 Å². The van der Waals surface area contributed by atoms with Crippen molar-refractivity contribution >= 4 is 0 Å². The van der Waals surface area contributed by atoms with E-state index in [1.54, 1.807) is 0 Å². The Labute approximate surface area is 129 Å². The number of aliphatic hydroxyl groups is 1. The van der Waals surface area contributed by atoms with Gasteiger partial charge in [0.05, 0.1) is 6.61 Å². The Balaban J connectivity index is -0.000000277. The molecular formula is C19H40O. The molecule has 0 saturated heterocycles. The molecule has 0 bridgehead atoms. The van der Waals surface area contributed by atoms with Crippen LogP contribution in [-0.4, -0.2) is 11.7 Å². The minimum Gasteiger partial charge on any atom is -0.392 e. The third kappa shape index (κ3) is 26.1. The molecule has 0 aromatic carbocycles. The summed E-state index contributed by atoms with van der Waals surface area (Å²) in [5.41, 5.74) is 2.52. The molecule has 0 aromatic heterocycles. The smallest absolute Gasteiger partial charge is 0.0639 e. The van der Waals surface area contributed by atoms with Crippen molar-refractivity contribution in [1.29, 1.82) is 0 Å². The summed E-state index contributed by atoms with van der Waals surface area (Å²) in [7, 11) is 0. The second-order valence-electron chi connectivity index (χ2n) is 6.43. The van der Waals surface area contributed by atoms with Crippen LogP contribution in [0, 0.1) is 11.8 Å². The average Bonchev–Trinajstić information content (AvgIpc) is 2.28. The molecular weight excluding hydrogens is 244 g/mol. The van der Waals surface area contributed by atoms with Gasteiger partial charge in [0, 0.05) is 0 Å². The van der Waals surface area contributed by atoms with Gasteiger partial charge in [-0.05, 0) is 58.3 Å². The minimum absolute atomic E-state index is 0. The minimum atomic E-state index is 0. The Morgan fingerprint density at radius 3 is 1.55 bits per heavy atom. The van der Waals surface area contributed by atoms with Crippen molar-refractivity contribution < 1.29 is 5.11 Å². The van der Waals surface area contributed by atoms with E-state index in [4.69, 9.17) is 5.11 Å². The van der Waals surface area contributed by atoms with Gasteiger partial charge in [0.1, 0.15) is 0 Å². The predicted octanol–water partition coefficient (Wildman–Crippen LogP) is 6.39. The number of aliphatic hydroxyl groups excluding tert-OH is 1. The number of hydrogen-bond donors (Lipinski definition) is 1. The highest BCUT2D eigenvalue weighted by atomic mass is 16.3. The van der Waals surface area contributed by atoms with Crippen LogP contribution in [0.2, 0.25) is 0 Å². The summed E-state index contributed by atoms with van der Waals surface area (Å²) in [6.07, 6.45) is 9.31. The number of allylic oxidation sites excluding steroid dienone is 3. The van der Waals surface area contributed by atoms with Gasteiger partial charge in [-0.25, -0.2) is 0 Å². The van der Waals surface area contributed by atoms with Crippen molar-refractivity contribution in [3.8, 4) is 0 Å². The quantitative estimate of drug-likeness (QED) is 0.537. The highest BCUT2D eigenvalue weighted by molar-refractivity contribution is 4.97. The summed E-state index contributed by atoms with van der Waals surface area (Å²) in [6, 6.07) is 0. The molecule has 0 aliphatic carbocycles. The molecule has 20 heavy (non-hydrogen) atoms. The van der Waals surface area contributed by atoms with Gasteiger partial charge in [0.15, 0.2) is 0 Å². The lowest BCUT2D eigenvalue weighted by atomic mass is 10.1. The van der Waals surface area contributed by atoms with Gasteiger partial charge < -0.3 is 5.11 Å². The Bertz CT molecular complexity index is 242. The predicted molar refractivity (Wildman–Crippen MR) is 95.1 cm³/mol. The molecule has 0 rings (SSSR count). The van der Waals surface area contributed by atoms with Crippen LogP contribution >= 0.6 is 0 Å². The fraction of sp³-hybridized carbons (Fsp3) is 0.789. The molecule has 0 aliphatic heterocycles. The van der Waals surface area contributed by atoms with E-state index in [-0.39, 0.29) is 14.0 Å². The molecule has 122 valence electrons. The van der Waals surface area contributed by atoms with Gasteiger partial charge in [0.25, 0.3) is 0 Å². The van der Waals surface area contributed by atoms with E-state index in [1.807, 2.05) is 6.92 Å². The Morgan fingerprint density at radius 2 is 1.25 bits per heavy atom. The summed E-state index contributed by atoms with van der Waals surface area (Å²) < 4.78 is 0. The van der Waals surface area contributed by atoms with Gasteiger partial charge >= 0.3 is 0 Å². The second kappa shape index (κ2) is 16.5. The summed E-state index contributed by atoms with van der Waals surface area (Å²) in [5, 5.41) is 8.63. The molecule has 1 heteroatoms. The van der Waals surface area contributed by atoms with Crippen molar-refractivity contribution in [2.24, 2.45) is 11.8 Å². The van der Waals surface area contributed by atoms with Gasteiger partial charge in [-0.1, -0.05) is 58.4 Å². The number of rotatable bonds is 7. The third-order valence-electron chi connectivity index (χ3n) is 2.78. The molecule has 0 fully saturated rings. The van der Waals surface area contributed by atoms with Gasteiger partial charge in [0.2, 0.25) is 0 Å². The van der Waals surface area contributed by atoms with Crippen LogP contribution in [0.5, 0.6) is 0 Å². The topological polar surface area (TPSA) is 20.2 Å². The standard InChI is InChI=1S/C9H18O.C9H18.CH4/c1-8(2)5-4-6-9(3)7-10;1-8(2)6-5-7-9(3)4;/h6,8,10H,4-5,7H2,1-3H3;6,9H,5,7H2,1-4H3;1H4/b9-6+;;. The second-order valence-corrected chi connectivity index (χ2v) is 6.43. The van der Waals surface area contributed by atoms with E-state index in [1.165, 1.54) is 24.8 Å². The van der Waals surface area contributed by atoms with Crippen LogP contribution in [0.3, 0.4) is 0 Å². The van der Waals surface area contributed by atoms with E-state index in [2.05, 4.69) is 53.7 Å². The lowest BCUT2D eigenvalue weighted by molar-refractivity contribution is 0.330. The Kier molecular flexibility index (Phi) is 20.2. The van der Waals surface area contributed by atoms with Gasteiger partial charge in [-0.2, -0.15) is 0 Å². The molecule has 0 aromatic rings. The molecule has 0 atom stereocenters. The molecule has 0 spiro atoms. The molecule has 1 N–H and O–H groups in total. The Hall–Kier alpha value is -0.560. The highest BCUT2D eigenvalue weighted by Crippen LogP contribution is 2.06. The van der Waals surface area contributed by atoms with Crippen LogP contribution in [0.1, 0.15) is 81.6 Å². The van der Waals surface area contributed by atoms with E-state index in [9.17, 15) is 0 Å². The molecule has 0 aliphatic rings. The first-order valence-electron chi connectivity index (χ1n) is 7.69. The highest BCUT2D eigenvalue weighted by Gasteiger charge is 1.91. The third-order valence-corrected chi connectivity index (χ3v) is 2.78. The first-order chi connectivity index (χ1) is 8.79. The van der Waals surface area contributed by atoms with Gasteiger partial charge in [-0.3, -0.25) is 0 Å². The normalized spacial score (nSPS) is 10.8. The summed E-state index contributed by atoms with van der Waals surface area (Å²) in [4.78, 5) is 0. The van der Waals surface area contributed by atoms with Crippen LogP contribution < -0.4 is 0 Å². The van der Waals surface area contributed by atoms with Crippen LogP contribution in [0.15, 0.2) is 23.3 Å². The first-order valence-corrected chi connectivity index (χ1v) is 7.69. The fourth-order valence-corrected chi connectivity index (χ4v) is 1.43. The average molecular weight is 285 g/mol. The van der Waals surface area contributed by atoms with Gasteiger partial charge in [-0.15, -0.1) is 0 Å². The van der Waals surface area contributed by atoms with E-state index >= 15 is 0 Å². The lowest BCUT2D eigenvalue weighted by Gasteiger charge is -2.00. The van der Waals surface area contributed by atoms with Crippen molar-refractivity contribution in [2.75, 3.05) is 6.61 Å². The Morgan fingerprint density at radius 1 is 0.850 bits per heavy atom. The van der Waals surface area contributed by atoms with Crippen LogP contribution in [0.25, 0.3) is 0 Å². The van der Waals surface area contributed by atoms with Crippen LogP contribution in [0.4, 0.5) is 0 Å². The largest absolute Gasteiger partial charge is 0.392 e. The van der Waals surface area contributed by atoms with Crippen molar-refractivity contribution in [2.45, 2.75) is 81.6 Å². The molecule has 1 nitrogen and oxygen atoms in total. The molecule has 0 heterocycles. The maximum atomic E-state index is 8.63. The molecule has 0 unspecified atom stereocenters. The SMILES string of the molecule is C.C/C(=C\CCC(C)C)CO.CC(C)=CCCC(C)C. The van der Waals surface area contributed by atoms with Crippen molar-refractivity contribution in [3.63, 3.8) is 0 Å². The number of hydrogen-bond acceptors (Lipinski definition) is 1. The summed E-state index contributed by atoms with van der Waals surface area (Å²) in [6.45, 7) is 15.4. The zero-order valence-electron chi connectivity index (χ0n) is 14.3. The van der Waals surface area contributed by atoms with E-state index in [0.717, 1.165) is 23.8 Å². The summed E-state index contributed by atoms with van der Waals surface area (Å²) >= 11 is 0. The fourth-order valence-electron chi connectivity index (χ4n) is 1.43. The lowest BCUT2D eigenvalue weighted by Crippen LogP contribution is -1.87.